The number of methoxy groups -OCH3 is 1. The van der Waals surface area contributed by atoms with Gasteiger partial charge in [0.25, 0.3) is 0 Å². The van der Waals surface area contributed by atoms with Crippen LogP contribution in [0.2, 0.25) is 0 Å². The molecule has 0 aliphatic heterocycles. The van der Waals surface area contributed by atoms with Gasteiger partial charge in [0.2, 0.25) is 10.0 Å². The van der Waals surface area contributed by atoms with E-state index < -0.39 is 10.0 Å². The predicted molar refractivity (Wildman–Crippen MR) is 102 cm³/mol. The molecule has 0 saturated carbocycles. The van der Waals surface area contributed by atoms with E-state index in [9.17, 15) is 8.42 Å². The Morgan fingerprint density at radius 3 is 2.12 bits per heavy atom. The average molecular weight is 362 g/mol. The maximum atomic E-state index is 12.8. The van der Waals surface area contributed by atoms with Gasteiger partial charge in [0, 0.05) is 13.6 Å². The van der Waals surface area contributed by atoms with E-state index in [2.05, 4.69) is 32.9 Å². The fourth-order valence-corrected chi connectivity index (χ4v) is 3.89. The Kier molecular flexibility index (Phi) is 5.59. The van der Waals surface area contributed by atoms with Gasteiger partial charge in [-0.25, -0.2) is 8.42 Å². The Balaban J connectivity index is 2.21. The van der Waals surface area contributed by atoms with Crippen molar-refractivity contribution < 1.29 is 13.2 Å². The van der Waals surface area contributed by atoms with Crippen LogP contribution in [0.25, 0.3) is 0 Å². The molecule has 0 aromatic heterocycles. The molecular formula is C20H27NO3S. The van der Waals surface area contributed by atoms with Gasteiger partial charge in [-0.15, -0.1) is 0 Å². The summed E-state index contributed by atoms with van der Waals surface area (Å²) in [7, 11) is -0.368. The zero-order valence-corrected chi connectivity index (χ0v) is 16.6. The molecule has 0 fully saturated rings. The lowest BCUT2D eigenvalue weighted by Gasteiger charge is -2.21. The molecule has 0 spiro atoms. The lowest BCUT2D eigenvalue weighted by Crippen LogP contribution is -2.26. The van der Waals surface area contributed by atoms with Crippen LogP contribution in [0.5, 0.6) is 5.75 Å². The van der Waals surface area contributed by atoms with Crippen LogP contribution in [0.15, 0.2) is 47.4 Å². The maximum Gasteiger partial charge on any atom is 0.243 e. The third kappa shape index (κ3) is 4.41. The number of aryl methyl sites for hydroxylation is 1. The number of ether oxygens (including phenoxy) is 1. The molecule has 4 nitrogen and oxygen atoms in total. The Hall–Kier alpha value is -1.85. The van der Waals surface area contributed by atoms with Crippen molar-refractivity contribution >= 4 is 10.0 Å². The van der Waals surface area contributed by atoms with Crippen LogP contribution in [0.3, 0.4) is 0 Å². The van der Waals surface area contributed by atoms with Gasteiger partial charge in [0.15, 0.2) is 0 Å². The van der Waals surface area contributed by atoms with Crippen LogP contribution < -0.4 is 4.74 Å². The molecule has 0 heterocycles. The molecule has 0 aliphatic carbocycles. The fraction of sp³-hybridized carbons (Fsp3) is 0.400. The molecule has 2 rings (SSSR count). The van der Waals surface area contributed by atoms with E-state index in [4.69, 9.17) is 4.74 Å². The first-order chi connectivity index (χ1) is 11.6. The van der Waals surface area contributed by atoms with Crippen molar-refractivity contribution in [2.75, 3.05) is 14.2 Å². The van der Waals surface area contributed by atoms with Crippen LogP contribution in [0.1, 0.15) is 37.5 Å². The van der Waals surface area contributed by atoms with E-state index in [-0.39, 0.29) is 10.3 Å². The largest absolute Gasteiger partial charge is 0.496 e. The highest BCUT2D eigenvalue weighted by Gasteiger charge is 2.22. The number of nitrogens with zero attached hydrogens (tertiary/aromatic N) is 1. The monoisotopic (exact) mass is 361 g/mol. The molecule has 0 atom stereocenters. The van der Waals surface area contributed by atoms with E-state index in [1.54, 1.807) is 32.4 Å². The third-order valence-corrected chi connectivity index (χ3v) is 6.10. The van der Waals surface area contributed by atoms with Crippen molar-refractivity contribution in [3.05, 3.63) is 59.2 Å². The molecule has 2 aromatic rings. The normalized spacial score (nSPS) is 12.4. The quantitative estimate of drug-likeness (QED) is 0.805. The standard InChI is InChI=1S/C20H27NO3S/c1-15-13-18(11-12-19(15)24-6)25(22,23)21(5)14-16-7-9-17(10-8-16)20(2,3)4/h7-13H,14H2,1-6H3. The predicted octanol–water partition coefficient (Wildman–Crippen LogP) is 4.12. The topological polar surface area (TPSA) is 46.6 Å². The van der Waals surface area contributed by atoms with Crippen LogP contribution in [0, 0.1) is 6.92 Å². The molecule has 0 radical (unpaired) electrons. The smallest absolute Gasteiger partial charge is 0.243 e. The summed E-state index contributed by atoms with van der Waals surface area (Å²) in [6, 6.07) is 13.0. The Labute approximate surface area is 151 Å². The number of sulfonamides is 1. The van der Waals surface area contributed by atoms with Gasteiger partial charge < -0.3 is 4.74 Å². The van der Waals surface area contributed by atoms with E-state index >= 15 is 0 Å². The third-order valence-electron chi connectivity index (χ3n) is 4.30. The van der Waals surface area contributed by atoms with E-state index in [1.165, 1.54) is 9.87 Å². The highest BCUT2D eigenvalue weighted by molar-refractivity contribution is 7.89. The second kappa shape index (κ2) is 7.18. The molecule has 25 heavy (non-hydrogen) atoms. The highest BCUT2D eigenvalue weighted by atomic mass is 32.2. The number of benzene rings is 2. The fourth-order valence-electron chi connectivity index (χ4n) is 2.64. The Bertz CT molecular complexity index is 834. The van der Waals surface area contributed by atoms with Gasteiger partial charge in [-0.3, -0.25) is 0 Å². The second-order valence-corrected chi connectivity index (χ2v) is 9.38. The van der Waals surface area contributed by atoms with Crippen molar-refractivity contribution in [2.24, 2.45) is 0 Å². The zero-order valence-electron chi connectivity index (χ0n) is 15.8. The van der Waals surface area contributed by atoms with Crippen LogP contribution in [-0.4, -0.2) is 26.9 Å². The lowest BCUT2D eigenvalue weighted by molar-refractivity contribution is 0.411. The maximum absolute atomic E-state index is 12.8. The van der Waals surface area contributed by atoms with Crippen molar-refractivity contribution in [3.63, 3.8) is 0 Å². The summed E-state index contributed by atoms with van der Waals surface area (Å²) in [5, 5.41) is 0. The van der Waals surface area contributed by atoms with E-state index in [0.29, 0.717) is 12.3 Å². The molecule has 0 unspecified atom stereocenters. The minimum atomic E-state index is -3.55. The summed E-state index contributed by atoms with van der Waals surface area (Å²) in [5.41, 5.74) is 3.07. The minimum absolute atomic E-state index is 0.0805. The van der Waals surface area contributed by atoms with Crippen molar-refractivity contribution in [1.29, 1.82) is 0 Å². The van der Waals surface area contributed by atoms with Crippen LogP contribution in [-0.2, 0) is 22.0 Å². The molecule has 0 saturated heterocycles. The molecule has 5 heteroatoms. The summed E-state index contributed by atoms with van der Waals surface area (Å²) in [6.45, 7) is 8.64. The second-order valence-electron chi connectivity index (χ2n) is 7.34. The minimum Gasteiger partial charge on any atom is -0.496 e. The zero-order chi connectivity index (χ0) is 18.8. The van der Waals surface area contributed by atoms with Gasteiger partial charge in [0.1, 0.15) is 5.75 Å². The highest BCUT2D eigenvalue weighted by Crippen LogP contribution is 2.25. The number of hydrogen-bond acceptors (Lipinski definition) is 3. The summed E-state index contributed by atoms with van der Waals surface area (Å²) in [5.74, 6) is 0.680. The summed E-state index contributed by atoms with van der Waals surface area (Å²) in [6.07, 6.45) is 0. The van der Waals surface area contributed by atoms with Crippen LogP contribution in [0.4, 0.5) is 0 Å². The molecule has 136 valence electrons. The van der Waals surface area contributed by atoms with E-state index in [1.807, 2.05) is 19.1 Å². The molecule has 0 N–H and O–H groups in total. The molecule has 0 bridgehead atoms. The summed E-state index contributed by atoms with van der Waals surface area (Å²) in [4.78, 5) is 0.277. The summed E-state index contributed by atoms with van der Waals surface area (Å²) >= 11 is 0. The Morgan fingerprint density at radius 2 is 1.64 bits per heavy atom. The number of hydrogen-bond donors (Lipinski definition) is 0. The first-order valence-electron chi connectivity index (χ1n) is 8.26. The summed E-state index contributed by atoms with van der Waals surface area (Å²) < 4.78 is 32.2. The van der Waals surface area contributed by atoms with Crippen LogP contribution >= 0.6 is 0 Å². The first kappa shape index (κ1) is 19.5. The van der Waals surface area contributed by atoms with Crippen molar-refractivity contribution in [1.82, 2.24) is 4.31 Å². The number of rotatable bonds is 5. The van der Waals surface area contributed by atoms with Gasteiger partial charge in [-0.1, -0.05) is 45.0 Å². The molecule has 2 aromatic carbocycles. The molecular weight excluding hydrogens is 334 g/mol. The average Bonchev–Trinajstić information content (AvgIpc) is 2.54. The SMILES string of the molecule is COc1ccc(S(=O)(=O)N(C)Cc2ccc(C(C)(C)C)cc2)cc1C. The molecule has 0 amide bonds. The van der Waals surface area contributed by atoms with Gasteiger partial charge in [-0.05, 0) is 47.2 Å². The van der Waals surface area contributed by atoms with Crippen molar-refractivity contribution in [2.45, 2.75) is 44.6 Å². The lowest BCUT2D eigenvalue weighted by atomic mass is 9.87. The van der Waals surface area contributed by atoms with Gasteiger partial charge >= 0.3 is 0 Å². The molecule has 0 aliphatic rings. The first-order valence-corrected chi connectivity index (χ1v) is 9.70. The van der Waals surface area contributed by atoms with Gasteiger partial charge in [0.05, 0.1) is 12.0 Å². The van der Waals surface area contributed by atoms with Gasteiger partial charge in [-0.2, -0.15) is 4.31 Å². The van der Waals surface area contributed by atoms with E-state index in [0.717, 1.165) is 11.1 Å². The van der Waals surface area contributed by atoms with Crippen molar-refractivity contribution in [3.8, 4) is 5.75 Å². The Morgan fingerprint density at radius 1 is 1.04 bits per heavy atom.